The predicted molar refractivity (Wildman–Crippen MR) is 85.4 cm³/mol. The Kier molecular flexibility index (Phi) is 4.43. The molecule has 1 aromatic heterocycles. The number of rotatable bonds is 5. The molecule has 1 aliphatic heterocycles. The van der Waals surface area contributed by atoms with E-state index in [4.69, 9.17) is 4.74 Å². The molecule has 0 bridgehead atoms. The van der Waals surface area contributed by atoms with Crippen LogP contribution in [-0.4, -0.2) is 28.6 Å². The third-order valence-electron chi connectivity index (χ3n) is 3.98. The first-order valence-electron chi connectivity index (χ1n) is 8.00. The number of hydrogen-bond acceptors (Lipinski definition) is 3. The molecule has 5 nitrogen and oxygen atoms in total. The number of ether oxygens (including phenoxy) is 1. The summed E-state index contributed by atoms with van der Waals surface area (Å²) in [6, 6.07) is 7.82. The van der Waals surface area contributed by atoms with Gasteiger partial charge in [-0.05, 0) is 37.3 Å². The van der Waals surface area contributed by atoms with Crippen LogP contribution >= 0.6 is 0 Å². The largest absolute Gasteiger partial charge is 0.368 e. The number of amides is 1. The van der Waals surface area contributed by atoms with Crippen LogP contribution in [0.25, 0.3) is 11.0 Å². The van der Waals surface area contributed by atoms with E-state index < -0.39 is 0 Å². The van der Waals surface area contributed by atoms with Gasteiger partial charge in [0.2, 0.25) is 5.91 Å². The minimum Gasteiger partial charge on any atom is -0.368 e. The van der Waals surface area contributed by atoms with Gasteiger partial charge in [0.1, 0.15) is 11.9 Å². The maximum absolute atomic E-state index is 12.3. The summed E-state index contributed by atoms with van der Waals surface area (Å²) in [7, 11) is 0. The maximum Gasteiger partial charge on any atom is 0.249 e. The van der Waals surface area contributed by atoms with E-state index in [-0.39, 0.29) is 18.1 Å². The molecule has 1 fully saturated rings. The fourth-order valence-corrected chi connectivity index (χ4v) is 2.90. The number of nitrogens with one attached hydrogen (secondary N) is 2. The van der Waals surface area contributed by atoms with Crippen LogP contribution in [0.1, 0.15) is 45.0 Å². The van der Waals surface area contributed by atoms with Gasteiger partial charge in [-0.3, -0.25) is 4.79 Å². The standard InChI is InChI=1S/C17H23N3O2/c1-11(2)10-14(20-17(21)15-8-5-9-22-15)16-18-12-6-3-4-7-13(12)19-16/h3-4,6-7,11,14-15H,5,8-10H2,1-2H3,(H,18,19)(H,20,21)/t14-,15+/m1/s1. The van der Waals surface area contributed by atoms with Crippen molar-refractivity contribution in [3.8, 4) is 0 Å². The lowest BCUT2D eigenvalue weighted by Gasteiger charge is -2.20. The third kappa shape index (κ3) is 3.30. The van der Waals surface area contributed by atoms with Crippen LogP contribution < -0.4 is 5.32 Å². The number of fused-ring (bicyclic) bond motifs is 1. The highest BCUT2D eigenvalue weighted by atomic mass is 16.5. The molecule has 118 valence electrons. The van der Waals surface area contributed by atoms with Crippen molar-refractivity contribution in [1.29, 1.82) is 0 Å². The highest BCUT2D eigenvalue weighted by molar-refractivity contribution is 5.81. The number of aromatic amines is 1. The summed E-state index contributed by atoms with van der Waals surface area (Å²) in [5.41, 5.74) is 1.93. The van der Waals surface area contributed by atoms with E-state index >= 15 is 0 Å². The van der Waals surface area contributed by atoms with Gasteiger partial charge in [0.25, 0.3) is 0 Å². The van der Waals surface area contributed by atoms with E-state index in [1.165, 1.54) is 0 Å². The Balaban J connectivity index is 1.80. The number of H-pyrrole nitrogens is 1. The number of nitrogens with zero attached hydrogens (tertiary/aromatic N) is 1. The van der Waals surface area contributed by atoms with E-state index in [2.05, 4.69) is 29.1 Å². The summed E-state index contributed by atoms with van der Waals surface area (Å²) in [5.74, 6) is 1.26. The number of imidazole rings is 1. The van der Waals surface area contributed by atoms with Crippen molar-refractivity contribution < 1.29 is 9.53 Å². The van der Waals surface area contributed by atoms with E-state index in [1.807, 2.05) is 24.3 Å². The first kappa shape index (κ1) is 15.0. The minimum absolute atomic E-state index is 0.0244. The van der Waals surface area contributed by atoms with Crippen molar-refractivity contribution in [3.63, 3.8) is 0 Å². The first-order valence-corrected chi connectivity index (χ1v) is 8.00. The molecule has 22 heavy (non-hydrogen) atoms. The average Bonchev–Trinajstić information content (AvgIpc) is 3.15. The molecule has 0 spiro atoms. The number of benzene rings is 1. The van der Waals surface area contributed by atoms with Crippen molar-refractivity contribution in [2.45, 2.75) is 45.3 Å². The summed E-state index contributed by atoms with van der Waals surface area (Å²) < 4.78 is 5.47. The van der Waals surface area contributed by atoms with Crippen LogP contribution in [0, 0.1) is 5.92 Å². The molecule has 1 aromatic carbocycles. The molecule has 0 saturated carbocycles. The van der Waals surface area contributed by atoms with Crippen molar-refractivity contribution in [1.82, 2.24) is 15.3 Å². The van der Waals surface area contributed by atoms with E-state index in [0.29, 0.717) is 12.5 Å². The number of aromatic nitrogens is 2. The van der Waals surface area contributed by atoms with Crippen LogP contribution in [-0.2, 0) is 9.53 Å². The monoisotopic (exact) mass is 301 g/mol. The Morgan fingerprint density at radius 3 is 2.95 bits per heavy atom. The Hall–Kier alpha value is -1.88. The van der Waals surface area contributed by atoms with E-state index in [9.17, 15) is 4.79 Å². The minimum atomic E-state index is -0.306. The second-order valence-electron chi connectivity index (χ2n) is 6.33. The topological polar surface area (TPSA) is 67.0 Å². The zero-order chi connectivity index (χ0) is 15.5. The molecule has 2 N–H and O–H groups in total. The van der Waals surface area contributed by atoms with Gasteiger partial charge in [0.15, 0.2) is 0 Å². The first-order chi connectivity index (χ1) is 10.6. The van der Waals surface area contributed by atoms with E-state index in [1.54, 1.807) is 0 Å². The third-order valence-corrected chi connectivity index (χ3v) is 3.98. The lowest BCUT2D eigenvalue weighted by atomic mass is 10.0. The van der Waals surface area contributed by atoms with Gasteiger partial charge in [0.05, 0.1) is 17.1 Å². The lowest BCUT2D eigenvalue weighted by Crippen LogP contribution is -2.37. The molecule has 3 rings (SSSR count). The van der Waals surface area contributed by atoms with Crippen LogP contribution in [0.2, 0.25) is 0 Å². The summed E-state index contributed by atoms with van der Waals surface area (Å²) in [5, 5.41) is 3.11. The normalized spacial score (nSPS) is 19.7. The molecule has 2 heterocycles. The summed E-state index contributed by atoms with van der Waals surface area (Å²) in [4.78, 5) is 20.3. The Morgan fingerprint density at radius 2 is 2.27 bits per heavy atom. The Labute approximate surface area is 130 Å². The predicted octanol–water partition coefficient (Wildman–Crippen LogP) is 2.95. The van der Waals surface area contributed by atoms with Crippen LogP contribution in [0.15, 0.2) is 24.3 Å². The summed E-state index contributed by atoms with van der Waals surface area (Å²) in [6.45, 7) is 4.97. The molecule has 2 atom stereocenters. The van der Waals surface area contributed by atoms with Crippen molar-refractivity contribution in [2.24, 2.45) is 5.92 Å². The van der Waals surface area contributed by atoms with Gasteiger partial charge in [-0.2, -0.15) is 0 Å². The van der Waals surface area contributed by atoms with Crippen molar-refractivity contribution >= 4 is 16.9 Å². The lowest BCUT2D eigenvalue weighted by molar-refractivity contribution is -0.131. The fourth-order valence-electron chi connectivity index (χ4n) is 2.90. The molecule has 2 aromatic rings. The van der Waals surface area contributed by atoms with E-state index in [0.717, 1.165) is 36.1 Å². The van der Waals surface area contributed by atoms with Gasteiger partial charge in [-0.25, -0.2) is 4.98 Å². The van der Waals surface area contributed by atoms with Crippen LogP contribution in [0.4, 0.5) is 0 Å². The molecule has 1 amide bonds. The number of para-hydroxylation sites is 2. The summed E-state index contributed by atoms with van der Waals surface area (Å²) >= 11 is 0. The number of carbonyl (C=O) groups is 1. The molecule has 0 aliphatic carbocycles. The van der Waals surface area contributed by atoms with Crippen LogP contribution in [0.3, 0.4) is 0 Å². The molecule has 1 aliphatic rings. The maximum atomic E-state index is 12.3. The molecule has 0 radical (unpaired) electrons. The van der Waals surface area contributed by atoms with Gasteiger partial charge < -0.3 is 15.0 Å². The molecule has 0 unspecified atom stereocenters. The molecular weight excluding hydrogens is 278 g/mol. The second-order valence-corrected chi connectivity index (χ2v) is 6.33. The van der Waals surface area contributed by atoms with Crippen LogP contribution in [0.5, 0.6) is 0 Å². The highest BCUT2D eigenvalue weighted by Gasteiger charge is 2.27. The van der Waals surface area contributed by atoms with Gasteiger partial charge >= 0.3 is 0 Å². The quantitative estimate of drug-likeness (QED) is 0.892. The SMILES string of the molecule is CC(C)C[C@@H](NC(=O)[C@@H]1CCCO1)c1nc2ccccc2[nH]1. The van der Waals surface area contributed by atoms with Gasteiger partial charge in [-0.15, -0.1) is 0 Å². The van der Waals surface area contributed by atoms with Crippen molar-refractivity contribution in [2.75, 3.05) is 6.61 Å². The molecule has 5 heteroatoms. The zero-order valence-corrected chi connectivity index (χ0v) is 13.1. The fraction of sp³-hybridized carbons (Fsp3) is 0.529. The zero-order valence-electron chi connectivity index (χ0n) is 13.1. The smallest absolute Gasteiger partial charge is 0.249 e. The Morgan fingerprint density at radius 1 is 1.45 bits per heavy atom. The summed E-state index contributed by atoms with van der Waals surface area (Å²) in [6.07, 6.45) is 2.30. The average molecular weight is 301 g/mol. The number of carbonyl (C=O) groups excluding carboxylic acids is 1. The highest BCUT2D eigenvalue weighted by Crippen LogP contribution is 2.23. The van der Waals surface area contributed by atoms with Crippen molar-refractivity contribution in [3.05, 3.63) is 30.1 Å². The second kappa shape index (κ2) is 6.48. The number of hydrogen-bond donors (Lipinski definition) is 2. The van der Waals surface area contributed by atoms with Gasteiger partial charge in [-0.1, -0.05) is 26.0 Å². The van der Waals surface area contributed by atoms with Gasteiger partial charge in [0, 0.05) is 6.61 Å². The Bertz CT molecular complexity index is 611. The molecule has 1 saturated heterocycles. The molecular formula is C17H23N3O2.